The molecule has 5 heteroatoms. The second kappa shape index (κ2) is 8.43. The van der Waals surface area contributed by atoms with Crippen molar-refractivity contribution < 1.29 is 5.11 Å². The van der Waals surface area contributed by atoms with Crippen molar-refractivity contribution in [3.8, 4) is 0 Å². The lowest BCUT2D eigenvalue weighted by Crippen LogP contribution is -2.23. The largest absolute Gasteiger partial charge is 0.388 e. The predicted molar refractivity (Wildman–Crippen MR) is 84.6 cm³/mol. The number of hydrogen-bond acceptors (Lipinski definition) is 3. The molecule has 0 amide bonds. The molecule has 0 heterocycles. The van der Waals surface area contributed by atoms with E-state index < -0.39 is 6.10 Å². The van der Waals surface area contributed by atoms with Gasteiger partial charge in [-0.3, -0.25) is 0 Å². The van der Waals surface area contributed by atoms with Gasteiger partial charge in [0, 0.05) is 28.3 Å². The first-order valence-corrected chi connectivity index (χ1v) is 8.41. The third-order valence-electron chi connectivity index (χ3n) is 2.78. The first-order chi connectivity index (χ1) is 8.54. The number of hydrogen-bond donors (Lipinski definition) is 1. The molecule has 0 saturated heterocycles. The molecule has 1 rings (SSSR count). The highest BCUT2D eigenvalue weighted by atomic mass is 79.9. The van der Waals surface area contributed by atoms with E-state index in [1.54, 1.807) is 0 Å². The SMILES string of the molecule is CSCCN(C)CCC(O)c1ccc(Br)cc1Cl. The van der Waals surface area contributed by atoms with Crippen molar-refractivity contribution in [1.82, 2.24) is 4.90 Å². The lowest BCUT2D eigenvalue weighted by molar-refractivity contribution is 0.151. The van der Waals surface area contributed by atoms with Crippen molar-refractivity contribution in [3.05, 3.63) is 33.3 Å². The fourth-order valence-electron chi connectivity index (χ4n) is 1.63. The van der Waals surface area contributed by atoms with Crippen LogP contribution in [-0.4, -0.2) is 42.2 Å². The fourth-order valence-corrected chi connectivity index (χ4v) is 2.92. The standard InChI is InChI=1S/C13H19BrClNOS/c1-16(7-8-18-2)6-5-13(17)11-4-3-10(14)9-12(11)15/h3-4,9,13,17H,5-8H2,1-2H3. The fraction of sp³-hybridized carbons (Fsp3) is 0.538. The molecular weight excluding hydrogens is 334 g/mol. The Bertz CT molecular complexity index is 378. The van der Waals surface area contributed by atoms with Gasteiger partial charge >= 0.3 is 0 Å². The Morgan fingerprint density at radius 2 is 2.17 bits per heavy atom. The highest BCUT2D eigenvalue weighted by Gasteiger charge is 2.12. The number of thioether (sulfide) groups is 1. The zero-order chi connectivity index (χ0) is 13.5. The van der Waals surface area contributed by atoms with Crippen LogP contribution in [0.2, 0.25) is 5.02 Å². The molecule has 2 nitrogen and oxygen atoms in total. The van der Waals surface area contributed by atoms with Gasteiger partial charge in [-0.15, -0.1) is 0 Å². The van der Waals surface area contributed by atoms with Crippen LogP contribution in [0.15, 0.2) is 22.7 Å². The van der Waals surface area contributed by atoms with Crippen LogP contribution in [-0.2, 0) is 0 Å². The van der Waals surface area contributed by atoms with E-state index in [0.29, 0.717) is 11.4 Å². The molecule has 0 aliphatic rings. The first kappa shape index (κ1) is 16.3. The second-order valence-corrected chi connectivity index (χ2v) is 6.57. The molecule has 0 fully saturated rings. The van der Waals surface area contributed by atoms with E-state index in [-0.39, 0.29) is 0 Å². The van der Waals surface area contributed by atoms with Crippen LogP contribution in [0.3, 0.4) is 0 Å². The van der Waals surface area contributed by atoms with Crippen molar-refractivity contribution in [2.24, 2.45) is 0 Å². The van der Waals surface area contributed by atoms with Crippen LogP contribution >= 0.6 is 39.3 Å². The Hall–Kier alpha value is 0.260. The normalized spacial score (nSPS) is 13.0. The van der Waals surface area contributed by atoms with Gasteiger partial charge in [0.15, 0.2) is 0 Å². The van der Waals surface area contributed by atoms with E-state index >= 15 is 0 Å². The third kappa shape index (κ3) is 5.49. The van der Waals surface area contributed by atoms with Crippen molar-refractivity contribution in [1.29, 1.82) is 0 Å². The van der Waals surface area contributed by atoms with Crippen LogP contribution in [0.4, 0.5) is 0 Å². The van der Waals surface area contributed by atoms with Crippen LogP contribution in [0.1, 0.15) is 18.1 Å². The summed E-state index contributed by atoms with van der Waals surface area (Å²) in [6.45, 7) is 1.91. The van der Waals surface area contributed by atoms with Crippen LogP contribution in [0, 0.1) is 0 Å². The van der Waals surface area contributed by atoms with Crippen molar-refractivity contribution in [2.75, 3.05) is 32.1 Å². The average molecular weight is 353 g/mol. The third-order valence-corrected chi connectivity index (χ3v) is 4.19. The summed E-state index contributed by atoms with van der Waals surface area (Å²) in [7, 11) is 2.08. The average Bonchev–Trinajstić information content (AvgIpc) is 2.33. The summed E-state index contributed by atoms with van der Waals surface area (Å²) >= 11 is 11.3. The molecule has 0 saturated carbocycles. The smallest absolute Gasteiger partial charge is 0.0816 e. The Kier molecular flexibility index (Phi) is 7.64. The molecule has 1 unspecified atom stereocenters. The highest BCUT2D eigenvalue weighted by Crippen LogP contribution is 2.28. The Morgan fingerprint density at radius 1 is 1.44 bits per heavy atom. The van der Waals surface area contributed by atoms with E-state index in [1.165, 1.54) is 0 Å². The number of benzene rings is 1. The molecule has 0 aromatic heterocycles. The lowest BCUT2D eigenvalue weighted by Gasteiger charge is -2.19. The number of aliphatic hydroxyl groups excluding tert-OH is 1. The van der Waals surface area contributed by atoms with Gasteiger partial charge in [0.2, 0.25) is 0 Å². The molecule has 0 bridgehead atoms. The number of nitrogens with zero attached hydrogens (tertiary/aromatic N) is 1. The number of aliphatic hydroxyl groups is 1. The van der Waals surface area contributed by atoms with Gasteiger partial charge in [-0.1, -0.05) is 33.6 Å². The molecule has 1 atom stereocenters. The van der Waals surface area contributed by atoms with Gasteiger partial charge in [0.1, 0.15) is 0 Å². The quantitative estimate of drug-likeness (QED) is 0.807. The molecular formula is C13H19BrClNOS. The maximum absolute atomic E-state index is 10.1. The minimum atomic E-state index is -0.498. The van der Waals surface area contributed by atoms with Crippen LogP contribution < -0.4 is 0 Å². The van der Waals surface area contributed by atoms with Crippen LogP contribution in [0.25, 0.3) is 0 Å². The molecule has 0 aliphatic heterocycles. The summed E-state index contributed by atoms with van der Waals surface area (Å²) in [4.78, 5) is 2.23. The van der Waals surface area contributed by atoms with Crippen molar-refractivity contribution in [2.45, 2.75) is 12.5 Å². The topological polar surface area (TPSA) is 23.5 Å². The molecule has 1 N–H and O–H groups in total. The van der Waals surface area contributed by atoms with Gasteiger partial charge in [-0.25, -0.2) is 0 Å². The van der Waals surface area contributed by atoms with E-state index in [0.717, 1.165) is 28.9 Å². The van der Waals surface area contributed by atoms with Gasteiger partial charge in [-0.2, -0.15) is 11.8 Å². The summed E-state index contributed by atoms with van der Waals surface area (Å²) < 4.78 is 0.931. The minimum absolute atomic E-state index is 0.498. The molecule has 0 radical (unpaired) electrons. The highest BCUT2D eigenvalue weighted by molar-refractivity contribution is 9.10. The molecule has 18 heavy (non-hydrogen) atoms. The molecule has 1 aromatic rings. The monoisotopic (exact) mass is 351 g/mol. The summed E-state index contributed by atoms with van der Waals surface area (Å²) in [6, 6.07) is 5.60. The summed E-state index contributed by atoms with van der Waals surface area (Å²) in [5.74, 6) is 1.12. The Morgan fingerprint density at radius 3 is 2.78 bits per heavy atom. The molecule has 102 valence electrons. The van der Waals surface area contributed by atoms with Gasteiger partial charge in [0.05, 0.1) is 6.10 Å². The Balaban J connectivity index is 2.47. The Labute approximate surface area is 127 Å². The van der Waals surface area contributed by atoms with Gasteiger partial charge in [0.25, 0.3) is 0 Å². The second-order valence-electron chi connectivity index (χ2n) is 4.27. The van der Waals surface area contributed by atoms with Crippen molar-refractivity contribution in [3.63, 3.8) is 0 Å². The van der Waals surface area contributed by atoms with E-state index in [4.69, 9.17) is 11.6 Å². The lowest BCUT2D eigenvalue weighted by atomic mass is 10.1. The zero-order valence-corrected chi connectivity index (χ0v) is 13.9. The van der Waals surface area contributed by atoms with Gasteiger partial charge in [-0.05, 0) is 37.4 Å². The maximum Gasteiger partial charge on any atom is 0.0816 e. The number of rotatable bonds is 7. The van der Waals surface area contributed by atoms with E-state index in [9.17, 15) is 5.11 Å². The summed E-state index contributed by atoms with van der Waals surface area (Å²) in [5, 5.41) is 10.7. The predicted octanol–water partition coefficient (Wildman–Crippen LogP) is 3.82. The zero-order valence-electron chi connectivity index (χ0n) is 10.7. The number of halogens is 2. The minimum Gasteiger partial charge on any atom is -0.388 e. The molecule has 0 aliphatic carbocycles. The van der Waals surface area contributed by atoms with E-state index in [1.807, 2.05) is 30.0 Å². The molecule has 0 spiro atoms. The maximum atomic E-state index is 10.1. The molecule has 1 aromatic carbocycles. The van der Waals surface area contributed by atoms with Gasteiger partial charge < -0.3 is 10.0 Å². The summed E-state index contributed by atoms with van der Waals surface area (Å²) in [5.41, 5.74) is 0.804. The van der Waals surface area contributed by atoms with Crippen molar-refractivity contribution >= 4 is 39.3 Å². The summed E-state index contributed by atoms with van der Waals surface area (Å²) in [6.07, 6.45) is 2.30. The van der Waals surface area contributed by atoms with E-state index in [2.05, 4.69) is 34.1 Å². The first-order valence-electron chi connectivity index (χ1n) is 5.85. The van der Waals surface area contributed by atoms with Crippen LogP contribution in [0.5, 0.6) is 0 Å².